The molecule has 2 aromatic carbocycles. The first kappa shape index (κ1) is 13.5. The first-order valence-electron chi connectivity index (χ1n) is 6.83. The van der Waals surface area contributed by atoms with Gasteiger partial charge in [-0.25, -0.2) is 9.97 Å². The molecular weight excluding hydrogens is 310 g/mol. The molecule has 0 aliphatic rings. The van der Waals surface area contributed by atoms with Crippen LogP contribution in [0.2, 0.25) is 0 Å². The van der Waals surface area contributed by atoms with Gasteiger partial charge in [-0.1, -0.05) is 24.3 Å². The van der Waals surface area contributed by atoms with Gasteiger partial charge in [0, 0.05) is 15.0 Å². The number of fused-ring (bicyclic) bond motifs is 3. The SMILES string of the molecule is CSc1cccc(-c2ccc3c(c2)sc2c(N)ncnc23)c1. The molecule has 0 spiro atoms. The fourth-order valence-electron chi connectivity index (χ4n) is 2.57. The van der Waals surface area contributed by atoms with Crippen molar-refractivity contribution in [3.63, 3.8) is 0 Å². The highest BCUT2D eigenvalue weighted by atomic mass is 32.2. The van der Waals surface area contributed by atoms with Gasteiger partial charge in [0.05, 0.1) is 10.2 Å². The van der Waals surface area contributed by atoms with Crippen molar-refractivity contribution in [1.82, 2.24) is 9.97 Å². The minimum absolute atomic E-state index is 0.553. The van der Waals surface area contributed by atoms with E-state index in [4.69, 9.17) is 5.73 Å². The van der Waals surface area contributed by atoms with E-state index in [-0.39, 0.29) is 0 Å². The highest BCUT2D eigenvalue weighted by Gasteiger charge is 2.10. The van der Waals surface area contributed by atoms with Crippen molar-refractivity contribution >= 4 is 49.2 Å². The lowest BCUT2D eigenvalue weighted by atomic mass is 10.0. The molecule has 2 heterocycles. The first-order chi connectivity index (χ1) is 10.8. The molecule has 0 bridgehead atoms. The molecule has 22 heavy (non-hydrogen) atoms. The zero-order chi connectivity index (χ0) is 15.1. The predicted octanol–water partition coefficient (Wildman–Crippen LogP) is 4.82. The summed E-state index contributed by atoms with van der Waals surface area (Å²) in [6.07, 6.45) is 3.62. The maximum absolute atomic E-state index is 5.96. The summed E-state index contributed by atoms with van der Waals surface area (Å²) in [6, 6.07) is 15.1. The van der Waals surface area contributed by atoms with Crippen molar-refractivity contribution < 1.29 is 0 Å². The van der Waals surface area contributed by atoms with Crippen LogP contribution in [0.3, 0.4) is 0 Å². The summed E-state index contributed by atoms with van der Waals surface area (Å²) < 4.78 is 2.15. The number of nitrogen functional groups attached to an aromatic ring is 1. The van der Waals surface area contributed by atoms with Gasteiger partial charge in [-0.05, 0) is 35.6 Å². The molecule has 2 aromatic heterocycles. The lowest BCUT2D eigenvalue weighted by Gasteiger charge is -2.04. The zero-order valence-electron chi connectivity index (χ0n) is 11.9. The van der Waals surface area contributed by atoms with Gasteiger partial charge >= 0.3 is 0 Å². The van der Waals surface area contributed by atoms with Crippen LogP contribution in [-0.2, 0) is 0 Å². The first-order valence-corrected chi connectivity index (χ1v) is 8.87. The fourth-order valence-corrected chi connectivity index (χ4v) is 4.13. The molecule has 0 aliphatic heterocycles. The summed E-state index contributed by atoms with van der Waals surface area (Å²) in [6.45, 7) is 0. The largest absolute Gasteiger partial charge is 0.382 e. The number of nitrogens with two attached hydrogens (primary N) is 1. The van der Waals surface area contributed by atoms with Crippen molar-refractivity contribution in [3.05, 3.63) is 48.8 Å². The third kappa shape index (κ3) is 2.14. The van der Waals surface area contributed by atoms with E-state index in [9.17, 15) is 0 Å². The Bertz CT molecular complexity index is 992. The fraction of sp³-hybridized carbons (Fsp3) is 0.0588. The third-order valence-electron chi connectivity index (χ3n) is 3.68. The number of aromatic nitrogens is 2. The van der Waals surface area contributed by atoms with Crippen LogP contribution in [0.25, 0.3) is 31.4 Å². The number of nitrogens with zero attached hydrogens (tertiary/aromatic N) is 2. The van der Waals surface area contributed by atoms with Crippen LogP contribution in [0.4, 0.5) is 5.82 Å². The Morgan fingerprint density at radius 1 is 1.05 bits per heavy atom. The summed E-state index contributed by atoms with van der Waals surface area (Å²) in [5.41, 5.74) is 9.34. The summed E-state index contributed by atoms with van der Waals surface area (Å²) >= 11 is 3.41. The predicted molar refractivity (Wildman–Crippen MR) is 96.6 cm³/mol. The molecule has 0 aliphatic carbocycles. The smallest absolute Gasteiger partial charge is 0.144 e. The van der Waals surface area contributed by atoms with Gasteiger partial charge in [0.25, 0.3) is 0 Å². The van der Waals surface area contributed by atoms with Gasteiger partial charge in [0.15, 0.2) is 0 Å². The highest BCUT2D eigenvalue weighted by Crippen LogP contribution is 2.37. The highest BCUT2D eigenvalue weighted by molar-refractivity contribution is 7.98. The Morgan fingerprint density at radius 3 is 2.77 bits per heavy atom. The molecule has 108 valence electrons. The van der Waals surface area contributed by atoms with Crippen LogP contribution >= 0.6 is 23.1 Å². The van der Waals surface area contributed by atoms with Crippen molar-refractivity contribution in [1.29, 1.82) is 0 Å². The van der Waals surface area contributed by atoms with Gasteiger partial charge in [-0.2, -0.15) is 0 Å². The van der Waals surface area contributed by atoms with Crippen LogP contribution in [0, 0.1) is 0 Å². The molecule has 0 amide bonds. The maximum atomic E-state index is 5.96. The van der Waals surface area contributed by atoms with Crippen LogP contribution < -0.4 is 5.73 Å². The Morgan fingerprint density at radius 2 is 1.91 bits per heavy atom. The molecule has 0 atom stereocenters. The third-order valence-corrected chi connectivity index (χ3v) is 5.57. The van der Waals surface area contributed by atoms with Crippen molar-refractivity contribution in [2.45, 2.75) is 4.90 Å². The van der Waals surface area contributed by atoms with Gasteiger partial charge in [-0.15, -0.1) is 23.1 Å². The van der Waals surface area contributed by atoms with Crippen LogP contribution in [0.5, 0.6) is 0 Å². The molecule has 5 heteroatoms. The molecule has 0 fully saturated rings. The topological polar surface area (TPSA) is 51.8 Å². The average Bonchev–Trinajstić information content (AvgIpc) is 2.94. The van der Waals surface area contributed by atoms with Crippen LogP contribution in [0.1, 0.15) is 0 Å². The number of thiophene rings is 1. The van der Waals surface area contributed by atoms with E-state index in [1.807, 2.05) is 0 Å². The second kappa shape index (κ2) is 5.26. The van der Waals surface area contributed by atoms with Gasteiger partial charge in [0.1, 0.15) is 12.1 Å². The molecule has 2 N–H and O–H groups in total. The van der Waals surface area contributed by atoms with Gasteiger partial charge < -0.3 is 5.73 Å². The molecule has 4 rings (SSSR count). The van der Waals surface area contributed by atoms with Gasteiger partial charge in [-0.3, -0.25) is 0 Å². The van der Waals surface area contributed by atoms with Crippen LogP contribution in [-0.4, -0.2) is 16.2 Å². The molecular formula is C17H13N3S2. The second-order valence-corrected chi connectivity index (χ2v) is 6.91. The number of benzene rings is 2. The van der Waals surface area contributed by atoms with E-state index < -0.39 is 0 Å². The number of thioether (sulfide) groups is 1. The number of hydrogen-bond donors (Lipinski definition) is 1. The molecule has 0 unspecified atom stereocenters. The quantitative estimate of drug-likeness (QED) is 0.538. The van der Waals surface area contributed by atoms with Crippen molar-refractivity contribution in [2.75, 3.05) is 12.0 Å². The van der Waals surface area contributed by atoms with E-state index in [0.717, 1.165) is 15.6 Å². The summed E-state index contributed by atoms with van der Waals surface area (Å²) in [5.74, 6) is 0.553. The molecule has 3 nitrogen and oxygen atoms in total. The van der Waals surface area contributed by atoms with E-state index in [0.29, 0.717) is 5.82 Å². The zero-order valence-corrected chi connectivity index (χ0v) is 13.5. The minimum atomic E-state index is 0.553. The molecule has 0 saturated heterocycles. The van der Waals surface area contributed by atoms with Crippen molar-refractivity contribution in [2.24, 2.45) is 0 Å². The number of anilines is 1. The summed E-state index contributed by atoms with van der Waals surface area (Å²) in [7, 11) is 0. The molecule has 0 radical (unpaired) electrons. The Kier molecular flexibility index (Phi) is 3.24. The van der Waals surface area contributed by atoms with E-state index in [2.05, 4.69) is 58.7 Å². The van der Waals surface area contributed by atoms with E-state index >= 15 is 0 Å². The summed E-state index contributed by atoms with van der Waals surface area (Å²) in [4.78, 5) is 9.72. The van der Waals surface area contributed by atoms with Crippen molar-refractivity contribution in [3.8, 4) is 11.1 Å². The Labute approximate surface area is 136 Å². The Hall–Kier alpha value is -2.11. The molecule has 0 saturated carbocycles. The standard InChI is InChI=1S/C17H13N3S2/c1-21-12-4-2-3-10(7-12)11-5-6-13-14(8-11)22-16-15(13)19-9-20-17(16)18/h2-9H,1H3,(H2,18,19,20). The lowest BCUT2D eigenvalue weighted by Crippen LogP contribution is -1.89. The average molecular weight is 323 g/mol. The number of hydrogen-bond acceptors (Lipinski definition) is 5. The number of rotatable bonds is 2. The minimum Gasteiger partial charge on any atom is -0.382 e. The molecule has 4 aromatic rings. The Balaban J connectivity index is 1.93. The monoisotopic (exact) mass is 323 g/mol. The van der Waals surface area contributed by atoms with Crippen LogP contribution in [0.15, 0.2) is 53.7 Å². The van der Waals surface area contributed by atoms with Gasteiger partial charge in [0.2, 0.25) is 0 Å². The summed E-state index contributed by atoms with van der Waals surface area (Å²) in [5, 5.41) is 1.14. The normalized spacial score (nSPS) is 11.3. The van der Waals surface area contributed by atoms with E-state index in [1.54, 1.807) is 23.1 Å². The second-order valence-electron chi connectivity index (χ2n) is 4.98. The van der Waals surface area contributed by atoms with E-state index in [1.165, 1.54) is 27.0 Å². The maximum Gasteiger partial charge on any atom is 0.144 e. The lowest BCUT2D eigenvalue weighted by molar-refractivity contribution is 1.24.